The second-order valence-electron chi connectivity index (χ2n) is 19.7. The molecule has 9 N–H and O–H groups in total. The molecule has 0 aliphatic carbocycles. The molecule has 0 saturated heterocycles. The molecule has 0 aliphatic rings. The number of H-pyrrole nitrogens is 6. The monoisotopic (exact) mass is 1160 g/mol. The van der Waals surface area contributed by atoms with E-state index in [1.54, 1.807) is 57.5 Å². The van der Waals surface area contributed by atoms with Gasteiger partial charge in [0.05, 0.1) is 71.6 Å². The van der Waals surface area contributed by atoms with E-state index in [-0.39, 0.29) is 6.61 Å². The molecule has 0 fully saturated rings. The third-order valence-corrected chi connectivity index (χ3v) is 14.5. The Kier molecular flexibility index (Phi) is 13.2. The summed E-state index contributed by atoms with van der Waals surface area (Å²) in [6.07, 6.45) is 16.7. The SMILES string of the molecule is COc1ccc(-c2cnccn2)cc1Nc1ncnc2[nH]nc(-c3cc(-c4cc(OC)c(Nc5ncnc6[nH]nc(-c7n[nH]cc7CCOc7ccc(-c8ncccn8)cc7Nc7ncnc8[nH]nc(-c9cc[nH]n9)c78)c56)cc4-c4ccccc4)[nH]n3)c12. The number of nitrogens with one attached hydrogen (secondary N) is 9. The molecule has 428 valence electrons. The molecular formula is C60H45N25O3. The lowest BCUT2D eigenvalue weighted by Gasteiger charge is -2.17. The van der Waals surface area contributed by atoms with Crippen molar-refractivity contribution >= 4 is 67.6 Å². The predicted octanol–water partition coefficient (Wildman–Crippen LogP) is 9.97. The van der Waals surface area contributed by atoms with Gasteiger partial charge < -0.3 is 30.2 Å². The van der Waals surface area contributed by atoms with Crippen LogP contribution in [-0.4, -0.2) is 132 Å². The number of rotatable bonds is 19. The van der Waals surface area contributed by atoms with Crippen LogP contribution in [0.15, 0.2) is 159 Å². The number of nitrogens with zero attached hydrogens (tertiary/aromatic N) is 16. The predicted molar refractivity (Wildman–Crippen MR) is 326 cm³/mol. The van der Waals surface area contributed by atoms with E-state index in [0.717, 1.165) is 33.4 Å². The molecule has 0 bridgehead atoms. The molecule has 15 aromatic rings. The van der Waals surface area contributed by atoms with Crippen LogP contribution in [0.5, 0.6) is 17.2 Å². The zero-order valence-electron chi connectivity index (χ0n) is 46.3. The highest BCUT2D eigenvalue weighted by Gasteiger charge is 2.25. The molecule has 4 aromatic carbocycles. The van der Waals surface area contributed by atoms with Gasteiger partial charge in [-0.1, -0.05) is 30.3 Å². The van der Waals surface area contributed by atoms with E-state index in [1.807, 2.05) is 97.2 Å². The Balaban J connectivity index is 0.723. The lowest BCUT2D eigenvalue weighted by atomic mass is 9.96. The molecule has 28 nitrogen and oxygen atoms in total. The summed E-state index contributed by atoms with van der Waals surface area (Å²) in [5.74, 6) is 3.59. The molecule has 15 rings (SSSR count). The number of aromatic nitrogens is 22. The minimum absolute atomic E-state index is 0.237. The number of aromatic amines is 6. The van der Waals surface area contributed by atoms with Crippen molar-refractivity contribution in [3.05, 3.63) is 165 Å². The molecule has 11 aromatic heterocycles. The first-order chi connectivity index (χ1) is 43.5. The highest BCUT2D eigenvalue weighted by molar-refractivity contribution is 6.03. The molecule has 0 saturated carbocycles. The minimum Gasteiger partial charge on any atom is -0.495 e. The zero-order valence-corrected chi connectivity index (χ0v) is 46.3. The summed E-state index contributed by atoms with van der Waals surface area (Å²) in [5.41, 5.74) is 13.1. The fourth-order valence-corrected chi connectivity index (χ4v) is 10.4. The van der Waals surface area contributed by atoms with Crippen LogP contribution in [0.4, 0.5) is 34.5 Å². The fourth-order valence-electron chi connectivity index (χ4n) is 10.4. The third-order valence-electron chi connectivity index (χ3n) is 14.5. The minimum atomic E-state index is 0.237. The van der Waals surface area contributed by atoms with Gasteiger partial charge in [-0.3, -0.25) is 40.6 Å². The first-order valence-electron chi connectivity index (χ1n) is 27.3. The number of fused-ring (bicyclic) bond motifs is 3. The molecule has 0 atom stereocenters. The van der Waals surface area contributed by atoms with E-state index in [1.165, 1.54) is 19.0 Å². The van der Waals surface area contributed by atoms with Gasteiger partial charge in [-0.2, -0.15) is 30.6 Å². The summed E-state index contributed by atoms with van der Waals surface area (Å²) in [6, 6.07) is 30.9. The number of methoxy groups -OCH3 is 2. The van der Waals surface area contributed by atoms with Crippen molar-refractivity contribution in [3.8, 4) is 96.4 Å². The maximum Gasteiger partial charge on any atom is 0.161 e. The van der Waals surface area contributed by atoms with Crippen molar-refractivity contribution < 1.29 is 14.2 Å². The number of hydrogen-bond donors (Lipinski definition) is 9. The van der Waals surface area contributed by atoms with E-state index in [2.05, 4.69) is 102 Å². The maximum atomic E-state index is 6.60. The van der Waals surface area contributed by atoms with Crippen LogP contribution in [0.2, 0.25) is 0 Å². The van der Waals surface area contributed by atoms with Crippen LogP contribution >= 0.6 is 0 Å². The largest absolute Gasteiger partial charge is 0.495 e. The van der Waals surface area contributed by atoms with Crippen molar-refractivity contribution in [1.82, 2.24) is 111 Å². The summed E-state index contributed by atoms with van der Waals surface area (Å²) in [7, 11) is 3.22. The van der Waals surface area contributed by atoms with E-state index >= 15 is 0 Å². The normalized spacial score (nSPS) is 11.4. The fraction of sp³-hybridized carbons (Fsp3) is 0.0667. The number of anilines is 6. The van der Waals surface area contributed by atoms with E-state index in [4.69, 9.17) is 39.6 Å². The van der Waals surface area contributed by atoms with Gasteiger partial charge in [0.15, 0.2) is 22.8 Å². The standard InChI is InChI=1S/C60H45N25O3/c1-86-44-11-9-32(43-27-61-18-19-62-43)21-39(44)73-56-48-52(81-84-59(48)69-29-66-56)42-25-38(77-78-42)36-24-46(87-2)41(23-35(36)31-7-4-3-5-8-31)75-57-49-53(82-85-60(49)70-30-67-57)50-34(26-72-79-50)14-20-88-45-12-10-33(54-63-15-6-16-64-54)22-40(45)74-55-47-51(37-13-17-71-76-37)80-83-58(47)68-28-65-55/h3-13,15-19,21-30H,14,20H2,1-2H3,(H,71,76)(H,72,79)(H,77,78)(H2,65,68,74,80,83)(H2,66,69,73,81,84)(H2,67,70,75,82,85). The summed E-state index contributed by atoms with van der Waals surface area (Å²) in [5, 5.41) is 58.5. The Labute approximate surface area is 495 Å². The first-order valence-corrected chi connectivity index (χ1v) is 27.3. The molecule has 88 heavy (non-hydrogen) atoms. The topological polar surface area (TPSA) is 365 Å². The van der Waals surface area contributed by atoms with Crippen LogP contribution in [0.25, 0.3) is 112 Å². The van der Waals surface area contributed by atoms with Crippen molar-refractivity contribution in [3.63, 3.8) is 0 Å². The van der Waals surface area contributed by atoms with Gasteiger partial charge in [0, 0.05) is 65.9 Å². The third kappa shape index (κ3) is 9.69. The van der Waals surface area contributed by atoms with Gasteiger partial charge in [0.25, 0.3) is 0 Å². The van der Waals surface area contributed by atoms with E-state index < -0.39 is 0 Å². The van der Waals surface area contributed by atoms with Crippen LogP contribution in [0, 0.1) is 0 Å². The molecule has 0 radical (unpaired) electrons. The Morgan fingerprint density at radius 3 is 1.77 bits per heavy atom. The summed E-state index contributed by atoms with van der Waals surface area (Å²) in [6.45, 7) is 0.237. The van der Waals surface area contributed by atoms with Gasteiger partial charge in [-0.05, 0) is 77.9 Å². The van der Waals surface area contributed by atoms with Crippen LogP contribution in [-0.2, 0) is 6.42 Å². The van der Waals surface area contributed by atoms with Gasteiger partial charge in [0.2, 0.25) is 0 Å². The van der Waals surface area contributed by atoms with Gasteiger partial charge >= 0.3 is 0 Å². The molecule has 0 unspecified atom stereocenters. The molecular weight excluding hydrogens is 1120 g/mol. The highest BCUT2D eigenvalue weighted by atomic mass is 16.5. The summed E-state index contributed by atoms with van der Waals surface area (Å²) in [4.78, 5) is 45.2. The van der Waals surface area contributed by atoms with Gasteiger partial charge in [-0.25, -0.2) is 39.9 Å². The molecule has 11 heterocycles. The van der Waals surface area contributed by atoms with Gasteiger partial charge in [-0.15, -0.1) is 0 Å². The van der Waals surface area contributed by atoms with Crippen LogP contribution < -0.4 is 30.2 Å². The number of benzene rings is 4. The Hall–Kier alpha value is -12.9. The summed E-state index contributed by atoms with van der Waals surface area (Å²) < 4.78 is 18.5. The quantitative estimate of drug-likeness (QED) is 0.0363. The Morgan fingerprint density at radius 2 is 1.09 bits per heavy atom. The van der Waals surface area contributed by atoms with Crippen molar-refractivity contribution in [2.24, 2.45) is 0 Å². The molecule has 28 heteroatoms. The molecule has 0 spiro atoms. The van der Waals surface area contributed by atoms with E-state index in [0.29, 0.717) is 143 Å². The second-order valence-corrected chi connectivity index (χ2v) is 19.7. The lowest BCUT2D eigenvalue weighted by Crippen LogP contribution is -2.05. The highest BCUT2D eigenvalue weighted by Crippen LogP contribution is 2.44. The van der Waals surface area contributed by atoms with Crippen LogP contribution in [0.1, 0.15) is 5.56 Å². The molecule has 0 aliphatic heterocycles. The molecule has 0 amide bonds. The average molecular weight is 1160 g/mol. The Morgan fingerprint density at radius 1 is 0.443 bits per heavy atom. The maximum absolute atomic E-state index is 6.60. The number of ether oxygens (including phenoxy) is 3. The summed E-state index contributed by atoms with van der Waals surface area (Å²) >= 11 is 0. The smallest absolute Gasteiger partial charge is 0.161 e. The van der Waals surface area contributed by atoms with Crippen molar-refractivity contribution in [2.75, 3.05) is 36.8 Å². The second kappa shape index (κ2) is 22.4. The first kappa shape index (κ1) is 52.0. The number of hydrogen-bond acceptors (Lipinski definition) is 22. The zero-order chi connectivity index (χ0) is 58.9. The van der Waals surface area contributed by atoms with Crippen molar-refractivity contribution in [1.29, 1.82) is 0 Å². The van der Waals surface area contributed by atoms with E-state index in [9.17, 15) is 0 Å². The lowest BCUT2D eigenvalue weighted by molar-refractivity contribution is 0.323. The Bertz CT molecular complexity index is 4990. The van der Waals surface area contributed by atoms with Crippen LogP contribution in [0.3, 0.4) is 0 Å². The average Bonchev–Trinajstić information content (AvgIpc) is 2.14. The van der Waals surface area contributed by atoms with Gasteiger partial charge in [0.1, 0.15) is 87.8 Å². The van der Waals surface area contributed by atoms with Crippen molar-refractivity contribution in [2.45, 2.75) is 6.42 Å².